The zero-order valence-corrected chi connectivity index (χ0v) is 17.6. The van der Waals surface area contributed by atoms with Gasteiger partial charge in [0.15, 0.2) is 5.69 Å². The molecule has 11 heteroatoms. The molecule has 1 amide bonds. The van der Waals surface area contributed by atoms with Crippen molar-refractivity contribution in [2.45, 2.75) is 51.4 Å². The van der Waals surface area contributed by atoms with Crippen molar-refractivity contribution in [2.75, 3.05) is 5.32 Å². The van der Waals surface area contributed by atoms with E-state index < -0.39 is 28.8 Å². The van der Waals surface area contributed by atoms with Crippen molar-refractivity contribution >= 4 is 23.5 Å². The van der Waals surface area contributed by atoms with Crippen molar-refractivity contribution in [3.05, 3.63) is 58.1 Å². The van der Waals surface area contributed by atoms with E-state index >= 15 is 0 Å². The Morgan fingerprint density at radius 1 is 1.32 bits per heavy atom. The minimum Gasteiger partial charge on any atom is -0.291 e. The van der Waals surface area contributed by atoms with Crippen LogP contribution in [0, 0.1) is 6.92 Å². The third-order valence-electron chi connectivity index (χ3n) is 5.06. The van der Waals surface area contributed by atoms with E-state index in [1.807, 2.05) is 31.2 Å². The summed E-state index contributed by atoms with van der Waals surface area (Å²) in [4.78, 5) is 16.8. The van der Waals surface area contributed by atoms with Crippen LogP contribution < -0.4 is 5.32 Å². The summed E-state index contributed by atoms with van der Waals surface area (Å²) in [7, 11) is 0. The van der Waals surface area contributed by atoms with E-state index in [1.165, 1.54) is 13.3 Å². The third-order valence-corrected chi connectivity index (χ3v) is 5.44. The maximum atomic E-state index is 13.3. The third kappa shape index (κ3) is 4.58. The Morgan fingerprint density at radius 2 is 2.06 bits per heavy atom. The van der Waals surface area contributed by atoms with Gasteiger partial charge in [0.05, 0.1) is 17.3 Å². The molecule has 2 aromatic heterocycles. The summed E-state index contributed by atoms with van der Waals surface area (Å²) in [6, 6.07) is 6.87. The van der Waals surface area contributed by atoms with Crippen molar-refractivity contribution in [1.29, 1.82) is 0 Å². The second-order valence-corrected chi connectivity index (χ2v) is 8.06. The highest BCUT2D eigenvalue weighted by molar-refractivity contribution is 6.32. The predicted molar refractivity (Wildman–Crippen MR) is 108 cm³/mol. The highest BCUT2D eigenvalue weighted by atomic mass is 35.5. The number of benzene rings is 1. The first-order chi connectivity index (χ1) is 14.6. The standard InChI is InChI=1S/C20H20ClF3N6O/c1-11-4-3-5-13(8-11)9-29-10-25-19(28-29)26-18(31)12(2)30-16(14-6-7-14)15(21)17(27-30)20(22,23)24/h3-5,8,10,12,14H,6-7,9H2,1-2H3,(H,26,28,31). The number of alkyl halides is 3. The summed E-state index contributed by atoms with van der Waals surface area (Å²) < 4.78 is 42.4. The predicted octanol–water partition coefficient (Wildman–Crippen LogP) is 4.58. The van der Waals surface area contributed by atoms with Crippen LogP contribution >= 0.6 is 11.6 Å². The highest BCUT2D eigenvalue weighted by Gasteiger charge is 2.43. The summed E-state index contributed by atoms with van der Waals surface area (Å²) in [5.41, 5.74) is 1.21. The van der Waals surface area contributed by atoms with Crippen molar-refractivity contribution < 1.29 is 18.0 Å². The smallest absolute Gasteiger partial charge is 0.291 e. The fourth-order valence-corrected chi connectivity index (χ4v) is 3.76. The number of anilines is 1. The number of nitrogens with zero attached hydrogens (tertiary/aromatic N) is 5. The lowest BCUT2D eigenvalue weighted by Crippen LogP contribution is -2.26. The average Bonchev–Trinajstić information content (AvgIpc) is 3.33. The van der Waals surface area contributed by atoms with Gasteiger partial charge in [0.1, 0.15) is 12.4 Å². The molecule has 1 N–H and O–H groups in total. The molecule has 1 saturated carbocycles. The highest BCUT2D eigenvalue weighted by Crippen LogP contribution is 2.47. The molecule has 0 bridgehead atoms. The molecule has 0 aliphatic heterocycles. The maximum Gasteiger partial charge on any atom is 0.436 e. The summed E-state index contributed by atoms with van der Waals surface area (Å²) in [6.07, 6.45) is -1.80. The molecule has 1 aliphatic carbocycles. The molecule has 1 fully saturated rings. The summed E-state index contributed by atoms with van der Waals surface area (Å²) in [6.45, 7) is 3.92. The van der Waals surface area contributed by atoms with E-state index in [0.29, 0.717) is 19.4 Å². The van der Waals surface area contributed by atoms with Crippen molar-refractivity contribution in [3.8, 4) is 0 Å². The number of rotatable bonds is 6. The Labute approximate surface area is 181 Å². The number of carbonyl (C=O) groups excluding carboxylic acids is 1. The molecule has 31 heavy (non-hydrogen) atoms. The Hall–Kier alpha value is -2.88. The molecule has 0 spiro atoms. The number of aromatic nitrogens is 5. The minimum atomic E-state index is -4.70. The van der Waals surface area contributed by atoms with Crippen molar-refractivity contribution in [3.63, 3.8) is 0 Å². The van der Waals surface area contributed by atoms with Gasteiger partial charge in [-0.2, -0.15) is 18.3 Å². The van der Waals surface area contributed by atoms with Gasteiger partial charge < -0.3 is 0 Å². The second kappa shape index (κ2) is 7.99. The topological polar surface area (TPSA) is 77.6 Å². The molecular formula is C20H20ClF3N6O. The van der Waals surface area contributed by atoms with Crippen LogP contribution in [-0.4, -0.2) is 30.5 Å². The van der Waals surface area contributed by atoms with Gasteiger partial charge in [-0.3, -0.25) is 14.8 Å². The lowest BCUT2D eigenvalue weighted by Gasteiger charge is -2.14. The number of aryl methyl sites for hydroxylation is 1. The molecule has 3 aromatic rings. The first-order valence-electron chi connectivity index (χ1n) is 9.74. The number of hydrogen-bond donors (Lipinski definition) is 1. The zero-order chi connectivity index (χ0) is 22.3. The minimum absolute atomic E-state index is 0.0618. The Bertz CT molecular complexity index is 1120. The van der Waals surface area contributed by atoms with Gasteiger partial charge >= 0.3 is 6.18 Å². The van der Waals surface area contributed by atoms with Gasteiger partial charge in [0.2, 0.25) is 5.95 Å². The Kier molecular flexibility index (Phi) is 5.50. The van der Waals surface area contributed by atoms with Crippen LogP contribution in [0.25, 0.3) is 0 Å². The second-order valence-electron chi connectivity index (χ2n) is 7.68. The summed E-state index contributed by atoms with van der Waals surface area (Å²) in [5, 5.41) is 9.96. The molecule has 1 aliphatic rings. The van der Waals surface area contributed by atoms with E-state index in [1.54, 1.807) is 4.68 Å². The van der Waals surface area contributed by atoms with Crippen LogP contribution in [-0.2, 0) is 17.5 Å². The molecule has 0 radical (unpaired) electrons. The summed E-state index contributed by atoms with van der Waals surface area (Å²) >= 11 is 5.99. The maximum absolute atomic E-state index is 13.3. The first kappa shape index (κ1) is 21.4. The van der Waals surface area contributed by atoms with Crippen LogP contribution in [0.3, 0.4) is 0 Å². The van der Waals surface area contributed by atoms with Crippen LogP contribution in [0.2, 0.25) is 5.02 Å². The lowest BCUT2D eigenvalue weighted by molar-refractivity contribution is -0.141. The van der Waals surface area contributed by atoms with Crippen molar-refractivity contribution in [2.24, 2.45) is 0 Å². The fraction of sp³-hybridized carbons (Fsp3) is 0.400. The molecule has 0 saturated heterocycles. The van der Waals surface area contributed by atoms with Gasteiger partial charge in [-0.05, 0) is 32.3 Å². The molecule has 1 atom stereocenters. The van der Waals surface area contributed by atoms with Gasteiger partial charge in [0, 0.05) is 5.92 Å². The zero-order valence-electron chi connectivity index (χ0n) is 16.8. The SMILES string of the molecule is Cc1cccc(Cn2cnc(NC(=O)C(C)n3nc(C(F)(F)F)c(Cl)c3C3CC3)n2)c1. The van der Waals surface area contributed by atoms with E-state index in [0.717, 1.165) is 15.8 Å². The number of carbonyl (C=O) groups is 1. The first-order valence-corrected chi connectivity index (χ1v) is 10.1. The Morgan fingerprint density at radius 3 is 2.71 bits per heavy atom. The van der Waals surface area contributed by atoms with Crippen LogP contribution in [0.15, 0.2) is 30.6 Å². The van der Waals surface area contributed by atoms with E-state index in [2.05, 4.69) is 20.5 Å². The lowest BCUT2D eigenvalue weighted by atomic mass is 10.1. The van der Waals surface area contributed by atoms with Crippen LogP contribution in [0.1, 0.15) is 54.2 Å². The normalized spacial score (nSPS) is 15.2. The molecule has 7 nitrogen and oxygen atoms in total. The molecule has 2 heterocycles. The van der Waals surface area contributed by atoms with E-state index in [9.17, 15) is 18.0 Å². The molecule has 164 valence electrons. The van der Waals surface area contributed by atoms with Gasteiger partial charge in [-0.25, -0.2) is 9.67 Å². The Balaban J connectivity index is 1.50. The largest absolute Gasteiger partial charge is 0.436 e. The number of nitrogens with one attached hydrogen (secondary N) is 1. The summed E-state index contributed by atoms with van der Waals surface area (Å²) in [5.74, 6) is -0.645. The molecule has 1 aromatic carbocycles. The number of halogens is 4. The average molecular weight is 453 g/mol. The molecule has 4 rings (SSSR count). The molecular weight excluding hydrogens is 433 g/mol. The molecule has 1 unspecified atom stereocenters. The number of hydrogen-bond acceptors (Lipinski definition) is 4. The van der Waals surface area contributed by atoms with Gasteiger partial charge in [0.25, 0.3) is 5.91 Å². The van der Waals surface area contributed by atoms with Gasteiger partial charge in [-0.15, -0.1) is 5.10 Å². The monoisotopic (exact) mass is 452 g/mol. The van der Waals surface area contributed by atoms with E-state index in [4.69, 9.17) is 11.6 Å². The van der Waals surface area contributed by atoms with Crippen LogP contribution in [0.4, 0.5) is 19.1 Å². The fourth-order valence-electron chi connectivity index (χ4n) is 3.38. The number of amides is 1. The van der Waals surface area contributed by atoms with E-state index in [-0.39, 0.29) is 17.6 Å². The van der Waals surface area contributed by atoms with Gasteiger partial charge in [-0.1, -0.05) is 41.4 Å². The van der Waals surface area contributed by atoms with Crippen LogP contribution in [0.5, 0.6) is 0 Å². The quantitative estimate of drug-likeness (QED) is 0.593. The van der Waals surface area contributed by atoms with Crippen molar-refractivity contribution in [1.82, 2.24) is 24.5 Å².